The Bertz CT molecular complexity index is 297. The number of halogens is 1. The first-order chi connectivity index (χ1) is 7.63. The zero-order valence-corrected chi connectivity index (χ0v) is 10.9. The van der Waals surface area contributed by atoms with Crippen LogP contribution in [0.4, 0.5) is 0 Å². The molecule has 0 heterocycles. The van der Waals surface area contributed by atoms with E-state index < -0.39 is 0 Å². The average Bonchev–Trinajstić information content (AvgIpc) is 2.25. The molecule has 0 amide bonds. The number of rotatable bonds is 6. The van der Waals surface area contributed by atoms with E-state index in [-0.39, 0.29) is 0 Å². The highest BCUT2D eigenvalue weighted by Crippen LogP contribution is 2.20. The van der Waals surface area contributed by atoms with E-state index in [1.807, 2.05) is 12.1 Å². The standard InChI is InChI=1S/C13H20ClNO/c1-10(2)15-13(8-9-16-3)11-4-6-12(14)7-5-11/h4-7,10,13,15H,8-9H2,1-3H3. The molecule has 2 nitrogen and oxygen atoms in total. The Morgan fingerprint density at radius 2 is 1.88 bits per heavy atom. The molecular weight excluding hydrogens is 222 g/mol. The minimum absolute atomic E-state index is 0.331. The summed E-state index contributed by atoms with van der Waals surface area (Å²) in [5.74, 6) is 0. The summed E-state index contributed by atoms with van der Waals surface area (Å²) >= 11 is 5.88. The lowest BCUT2D eigenvalue weighted by Crippen LogP contribution is -2.29. The Labute approximate surface area is 103 Å². The maximum absolute atomic E-state index is 5.88. The highest BCUT2D eigenvalue weighted by molar-refractivity contribution is 6.30. The lowest BCUT2D eigenvalue weighted by molar-refractivity contribution is 0.181. The molecule has 1 N–H and O–H groups in total. The molecule has 0 bridgehead atoms. The second-order valence-electron chi connectivity index (χ2n) is 4.21. The summed E-state index contributed by atoms with van der Waals surface area (Å²) in [6.45, 7) is 5.05. The van der Waals surface area contributed by atoms with Crippen molar-refractivity contribution in [1.29, 1.82) is 0 Å². The lowest BCUT2D eigenvalue weighted by Gasteiger charge is -2.21. The number of hydrogen-bond donors (Lipinski definition) is 1. The predicted molar refractivity (Wildman–Crippen MR) is 69.0 cm³/mol. The van der Waals surface area contributed by atoms with Crippen LogP contribution in [0.15, 0.2) is 24.3 Å². The highest BCUT2D eigenvalue weighted by Gasteiger charge is 2.11. The van der Waals surface area contributed by atoms with Crippen LogP contribution in [0.5, 0.6) is 0 Å². The fourth-order valence-corrected chi connectivity index (χ4v) is 1.81. The lowest BCUT2D eigenvalue weighted by atomic mass is 10.0. The molecule has 0 saturated heterocycles. The third-order valence-electron chi connectivity index (χ3n) is 2.42. The van der Waals surface area contributed by atoms with Gasteiger partial charge >= 0.3 is 0 Å². The van der Waals surface area contributed by atoms with Crippen LogP contribution < -0.4 is 5.32 Å². The van der Waals surface area contributed by atoms with Gasteiger partial charge in [0.2, 0.25) is 0 Å². The Kier molecular flexibility index (Phi) is 5.81. The van der Waals surface area contributed by atoms with Crippen LogP contribution in [0.25, 0.3) is 0 Å². The molecule has 1 aromatic rings. The van der Waals surface area contributed by atoms with Gasteiger partial charge in [-0.15, -0.1) is 0 Å². The van der Waals surface area contributed by atoms with E-state index in [9.17, 15) is 0 Å². The molecule has 0 saturated carbocycles. The third-order valence-corrected chi connectivity index (χ3v) is 2.67. The quantitative estimate of drug-likeness (QED) is 0.824. The van der Waals surface area contributed by atoms with E-state index in [0.717, 1.165) is 18.1 Å². The highest BCUT2D eigenvalue weighted by atomic mass is 35.5. The molecule has 16 heavy (non-hydrogen) atoms. The van der Waals surface area contributed by atoms with Gasteiger partial charge in [-0.1, -0.05) is 37.6 Å². The van der Waals surface area contributed by atoms with Crippen molar-refractivity contribution in [3.8, 4) is 0 Å². The van der Waals surface area contributed by atoms with Gasteiger partial charge < -0.3 is 10.1 Å². The number of benzene rings is 1. The van der Waals surface area contributed by atoms with Crippen LogP contribution in [0.3, 0.4) is 0 Å². The summed E-state index contributed by atoms with van der Waals surface area (Å²) in [6, 6.07) is 8.78. The topological polar surface area (TPSA) is 21.3 Å². The maximum Gasteiger partial charge on any atom is 0.0480 e. The van der Waals surface area contributed by atoms with Gasteiger partial charge in [0.05, 0.1) is 0 Å². The van der Waals surface area contributed by atoms with Crippen LogP contribution >= 0.6 is 11.6 Å². The number of nitrogens with one attached hydrogen (secondary N) is 1. The molecule has 0 aliphatic carbocycles. The molecule has 90 valence electrons. The first kappa shape index (κ1) is 13.5. The molecule has 1 atom stereocenters. The average molecular weight is 242 g/mol. The number of ether oxygens (including phenoxy) is 1. The molecule has 3 heteroatoms. The monoisotopic (exact) mass is 241 g/mol. The van der Waals surface area contributed by atoms with E-state index in [2.05, 4.69) is 31.3 Å². The summed E-state index contributed by atoms with van der Waals surface area (Å²) in [7, 11) is 1.73. The minimum Gasteiger partial charge on any atom is -0.385 e. The predicted octanol–water partition coefficient (Wildman–Crippen LogP) is 3.42. The molecule has 0 fully saturated rings. The van der Waals surface area contributed by atoms with Crippen LogP contribution in [0.2, 0.25) is 5.02 Å². The fourth-order valence-electron chi connectivity index (χ4n) is 1.68. The molecule has 0 radical (unpaired) electrons. The van der Waals surface area contributed by atoms with Crippen LogP contribution in [-0.2, 0) is 4.74 Å². The van der Waals surface area contributed by atoms with E-state index in [0.29, 0.717) is 12.1 Å². The van der Waals surface area contributed by atoms with Crippen LogP contribution in [0, 0.1) is 0 Å². The first-order valence-corrected chi connectivity index (χ1v) is 6.01. The van der Waals surface area contributed by atoms with E-state index in [1.165, 1.54) is 5.56 Å². The van der Waals surface area contributed by atoms with Gasteiger partial charge in [-0.25, -0.2) is 0 Å². The van der Waals surface area contributed by atoms with Crippen molar-refractivity contribution in [3.63, 3.8) is 0 Å². The zero-order valence-electron chi connectivity index (χ0n) is 10.2. The van der Waals surface area contributed by atoms with Gasteiger partial charge in [0, 0.05) is 30.8 Å². The Balaban J connectivity index is 2.70. The summed E-state index contributed by atoms with van der Waals surface area (Å²) in [5, 5.41) is 4.30. The third kappa shape index (κ3) is 4.52. The second kappa shape index (κ2) is 6.89. The van der Waals surface area contributed by atoms with Crippen molar-refractivity contribution in [2.75, 3.05) is 13.7 Å². The van der Waals surface area contributed by atoms with Gasteiger partial charge in [0.1, 0.15) is 0 Å². The van der Waals surface area contributed by atoms with Gasteiger partial charge in [-0.05, 0) is 24.1 Å². The van der Waals surface area contributed by atoms with E-state index in [1.54, 1.807) is 7.11 Å². The second-order valence-corrected chi connectivity index (χ2v) is 4.64. The van der Waals surface area contributed by atoms with Crippen molar-refractivity contribution in [2.45, 2.75) is 32.4 Å². The van der Waals surface area contributed by atoms with Crippen molar-refractivity contribution in [2.24, 2.45) is 0 Å². The molecule has 0 spiro atoms. The molecule has 0 aromatic heterocycles. The zero-order chi connectivity index (χ0) is 12.0. The molecule has 0 aliphatic rings. The summed E-state index contributed by atoms with van der Waals surface area (Å²) < 4.78 is 5.13. The van der Waals surface area contributed by atoms with E-state index in [4.69, 9.17) is 16.3 Å². The molecule has 0 aliphatic heterocycles. The smallest absolute Gasteiger partial charge is 0.0480 e. The van der Waals surface area contributed by atoms with E-state index >= 15 is 0 Å². The van der Waals surface area contributed by atoms with Crippen molar-refractivity contribution in [1.82, 2.24) is 5.32 Å². The largest absolute Gasteiger partial charge is 0.385 e. The molecule has 1 aromatic carbocycles. The number of methoxy groups -OCH3 is 1. The van der Waals surface area contributed by atoms with Gasteiger partial charge in [-0.3, -0.25) is 0 Å². The van der Waals surface area contributed by atoms with Crippen molar-refractivity contribution < 1.29 is 4.74 Å². The first-order valence-electron chi connectivity index (χ1n) is 5.64. The van der Waals surface area contributed by atoms with Crippen molar-refractivity contribution in [3.05, 3.63) is 34.9 Å². The summed E-state index contributed by atoms with van der Waals surface area (Å²) in [4.78, 5) is 0. The van der Waals surface area contributed by atoms with Crippen LogP contribution in [-0.4, -0.2) is 19.8 Å². The minimum atomic E-state index is 0.331. The SMILES string of the molecule is COCCC(NC(C)C)c1ccc(Cl)cc1. The van der Waals surface area contributed by atoms with Gasteiger partial charge in [0.15, 0.2) is 0 Å². The van der Waals surface area contributed by atoms with Gasteiger partial charge in [-0.2, -0.15) is 0 Å². The Morgan fingerprint density at radius 1 is 1.25 bits per heavy atom. The Morgan fingerprint density at radius 3 is 2.38 bits per heavy atom. The van der Waals surface area contributed by atoms with Crippen LogP contribution in [0.1, 0.15) is 31.9 Å². The normalized spacial score (nSPS) is 13.1. The molecular formula is C13H20ClNO. The van der Waals surface area contributed by atoms with Crippen molar-refractivity contribution >= 4 is 11.6 Å². The molecule has 1 rings (SSSR count). The summed E-state index contributed by atoms with van der Waals surface area (Å²) in [5.41, 5.74) is 1.26. The van der Waals surface area contributed by atoms with Gasteiger partial charge in [0.25, 0.3) is 0 Å². The molecule has 1 unspecified atom stereocenters. The Hall–Kier alpha value is -0.570. The maximum atomic E-state index is 5.88. The fraction of sp³-hybridized carbons (Fsp3) is 0.538. The summed E-state index contributed by atoms with van der Waals surface area (Å²) in [6.07, 6.45) is 0.969. The number of hydrogen-bond acceptors (Lipinski definition) is 2.